The second-order valence-corrected chi connectivity index (χ2v) is 3.46. The molecule has 0 aliphatic rings. The number of benzene rings is 1. The SMILES string of the molecule is O=C(O)C(=O)/C=C/c1ccc2ncccc2c1. The van der Waals surface area contributed by atoms with E-state index < -0.39 is 11.8 Å². The zero-order chi connectivity index (χ0) is 12.3. The van der Waals surface area contributed by atoms with Gasteiger partial charge in [-0.15, -0.1) is 0 Å². The predicted octanol–water partition coefficient (Wildman–Crippen LogP) is 1.90. The number of hydrogen-bond acceptors (Lipinski definition) is 3. The van der Waals surface area contributed by atoms with Crippen LogP contribution in [-0.2, 0) is 9.59 Å². The van der Waals surface area contributed by atoms with Crippen molar-refractivity contribution >= 4 is 28.7 Å². The van der Waals surface area contributed by atoms with Crippen molar-refractivity contribution < 1.29 is 14.7 Å². The summed E-state index contributed by atoms with van der Waals surface area (Å²) < 4.78 is 0. The van der Waals surface area contributed by atoms with Crippen LogP contribution in [0.2, 0.25) is 0 Å². The number of carboxylic acid groups (broad SMARTS) is 1. The summed E-state index contributed by atoms with van der Waals surface area (Å²) in [6.45, 7) is 0. The summed E-state index contributed by atoms with van der Waals surface area (Å²) in [5, 5.41) is 9.36. The number of fused-ring (bicyclic) bond motifs is 1. The van der Waals surface area contributed by atoms with Crippen LogP contribution in [0.1, 0.15) is 5.56 Å². The number of hydrogen-bond donors (Lipinski definition) is 1. The molecular formula is C13H9NO3. The Bertz CT molecular complexity index is 617. The summed E-state index contributed by atoms with van der Waals surface area (Å²) in [5.74, 6) is -2.39. The summed E-state index contributed by atoms with van der Waals surface area (Å²) in [5.41, 5.74) is 1.62. The molecule has 0 fully saturated rings. The highest BCUT2D eigenvalue weighted by Gasteiger charge is 2.05. The Hall–Kier alpha value is -2.49. The lowest BCUT2D eigenvalue weighted by atomic mass is 10.1. The molecule has 4 heteroatoms. The Morgan fingerprint density at radius 1 is 1.24 bits per heavy atom. The summed E-state index contributed by atoms with van der Waals surface area (Å²) in [7, 11) is 0. The fraction of sp³-hybridized carbons (Fsp3) is 0. The fourth-order valence-corrected chi connectivity index (χ4v) is 1.44. The smallest absolute Gasteiger partial charge is 0.376 e. The quantitative estimate of drug-likeness (QED) is 0.642. The van der Waals surface area contributed by atoms with Crippen molar-refractivity contribution in [3.63, 3.8) is 0 Å². The number of pyridine rings is 1. The van der Waals surface area contributed by atoms with Gasteiger partial charge in [-0.1, -0.05) is 18.2 Å². The van der Waals surface area contributed by atoms with E-state index in [4.69, 9.17) is 5.11 Å². The lowest BCUT2D eigenvalue weighted by Gasteiger charge is -1.97. The minimum Gasteiger partial charge on any atom is -0.475 e. The third-order valence-electron chi connectivity index (χ3n) is 2.27. The first kappa shape index (κ1) is 11.0. The van der Waals surface area contributed by atoms with Gasteiger partial charge in [0, 0.05) is 11.6 Å². The van der Waals surface area contributed by atoms with Crippen LogP contribution in [0, 0.1) is 0 Å². The molecule has 84 valence electrons. The number of carbonyl (C=O) groups is 2. The van der Waals surface area contributed by atoms with Crippen molar-refractivity contribution in [2.24, 2.45) is 0 Å². The lowest BCUT2D eigenvalue weighted by molar-refractivity contribution is -0.146. The van der Waals surface area contributed by atoms with E-state index in [1.807, 2.05) is 24.3 Å². The second-order valence-electron chi connectivity index (χ2n) is 3.46. The first-order valence-corrected chi connectivity index (χ1v) is 4.97. The fourth-order valence-electron chi connectivity index (χ4n) is 1.44. The zero-order valence-corrected chi connectivity index (χ0v) is 8.83. The normalized spacial score (nSPS) is 10.8. The summed E-state index contributed by atoms with van der Waals surface area (Å²) in [6.07, 6.45) is 4.22. The molecule has 0 amide bonds. The van der Waals surface area contributed by atoms with Gasteiger partial charge in [0.2, 0.25) is 0 Å². The number of carbonyl (C=O) groups excluding carboxylic acids is 1. The molecule has 1 aromatic carbocycles. The van der Waals surface area contributed by atoms with Crippen LogP contribution in [0.3, 0.4) is 0 Å². The highest BCUT2D eigenvalue weighted by molar-refractivity contribution is 6.38. The summed E-state index contributed by atoms with van der Waals surface area (Å²) >= 11 is 0. The van der Waals surface area contributed by atoms with Gasteiger partial charge < -0.3 is 5.11 Å². The molecule has 17 heavy (non-hydrogen) atoms. The molecule has 1 aromatic heterocycles. The van der Waals surface area contributed by atoms with E-state index in [9.17, 15) is 9.59 Å². The monoisotopic (exact) mass is 227 g/mol. The van der Waals surface area contributed by atoms with Gasteiger partial charge in [0.15, 0.2) is 0 Å². The minimum absolute atomic E-state index is 0.764. The molecule has 0 radical (unpaired) electrons. The van der Waals surface area contributed by atoms with Gasteiger partial charge in [0.25, 0.3) is 5.78 Å². The number of aromatic nitrogens is 1. The van der Waals surface area contributed by atoms with E-state index in [0.29, 0.717) is 0 Å². The average molecular weight is 227 g/mol. The molecule has 0 spiro atoms. The highest BCUT2D eigenvalue weighted by Crippen LogP contribution is 2.14. The van der Waals surface area contributed by atoms with E-state index in [1.165, 1.54) is 6.08 Å². The van der Waals surface area contributed by atoms with Gasteiger partial charge in [0.1, 0.15) is 0 Å². The topological polar surface area (TPSA) is 67.3 Å². The number of aliphatic carboxylic acids is 1. The van der Waals surface area contributed by atoms with Gasteiger partial charge in [0.05, 0.1) is 5.52 Å². The van der Waals surface area contributed by atoms with Crippen molar-refractivity contribution in [1.29, 1.82) is 0 Å². The van der Waals surface area contributed by atoms with Crippen LogP contribution in [0.4, 0.5) is 0 Å². The van der Waals surface area contributed by atoms with E-state index in [0.717, 1.165) is 22.5 Å². The molecule has 0 saturated carbocycles. The van der Waals surface area contributed by atoms with Gasteiger partial charge >= 0.3 is 5.97 Å². The molecule has 2 aromatic rings. The van der Waals surface area contributed by atoms with Crippen LogP contribution < -0.4 is 0 Å². The van der Waals surface area contributed by atoms with Crippen LogP contribution in [0.15, 0.2) is 42.6 Å². The maximum atomic E-state index is 10.9. The molecule has 4 nitrogen and oxygen atoms in total. The Labute approximate surface area is 97.2 Å². The maximum Gasteiger partial charge on any atom is 0.376 e. The first-order chi connectivity index (χ1) is 8.16. The van der Waals surface area contributed by atoms with Gasteiger partial charge in [-0.05, 0) is 29.8 Å². The Balaban J connectivity index is 2.31. The van der Waals surface area contributed by atoms with E-state index >= 15 is 0 Å². The summed E-state index contributed by atoms with van der Waals surface area (Å²) in [4.78, 5) is 25.4. The third kappa shape index (κ3) is 2.55. The molecule has 2 rings (SSSR count). The van der Waals surface area contributed by atoms with Crippen molar-refractivity contribution in [2.45, 2.75) is 0 Å². The van der Waals surface area contributed by atoms with Crippen LogP contribution in [-0.4, -0.2) is 21.8 Å². The van der Waals surface area contributed by atoms with E-state index in [2.05, 4.69) is 4.98 Å². The zero-order valence-electron chi connectivity index (χ0n) is 8.83. The van der Waals surface area contributed by atoms with Gasteiger partial charge in [-0.2, -0.15) is 0 Å². The third-order valence-corrected chi connectivity index (χ3v) is 2.27. The molecule has 0 bridgehead atoms. The maximum absolute atomic E-state index is 10.9. The molecule has 0 atom stereocenters. The molecule has 0 unspecified atom stereocenters. The molecule has 0 aliphatic carbocycles. The van der Waals surface area contributed by atoms with Gasteiger partial charge in [-0.3, -0.25) is 9.78 Å². The molecule has 0 aliphatic heterocycles. The van der Waals surface area contributed by atoms with Crippen molar-refractivity contribution in [2.75, 3.05) is 0 Å². The molecule has 0 saturated heterocycles. The standard InChI is InChI=1S/C13H9NO3/c15-12(13(16)17)6-4-9-3-5-11-10(8-9)2-1-7-14-11/h1-8H,(H,16,17)/b6-4+. The Morgan fingerprint density at radius 3 is 2.82 bits per heavy atom. The van der Waals surface area contributed by atoms with Crippen LogP contribution in [0.5, 0.6) is 0 Å². The van der Waals surface area contributed by atoms with Crippen molar-refractivity contribution in [1.82, 2.24) is 4.98 Å². The predicted molar refractivity (Wildman–Crippen MR) is 63.4 cm³/mol. The number of ketones is 1. The Kier molecular flexibility index (Phi) is 2.96. The van der Waals surface area contributed by atoms with Crippen LogP contribution >= 0.6 is 0 Å². The Morgan fingerprint density at radius 2 is 2.06 bits per heavy atom. The lowest BCUT2D eigenvalue weighted by Crippen LogP contribution is -2.08. The number of rotatable bonds is 3. The second kappa shape index (κ2) is 4.57. The van der Waals surface area contributed by atoms with Crippen LogP contribution in [0.25, 0.3) is 17.0 Å². The molecule has 1 heterocycles. The van der Waals surface area contributed by atoms with E-state index in [-0.39, 0.29) is 0 Å². The van der Waals surface area contributed by atoms with Crippen molar-refractivity contribution in [3.05, 3.63) is 48.2 Å². The average Bonchev–Trinajstić information content (AvgIpc) is 2.35. The van der Waals surface area contributed by atoms with Crippen molar-refractivity contribution in [3.8, 4) is 0 Å². The summed E-state index contributed by atoms with van der Waals surface area (Å²) in [6, 6.07) is 9.16. The van der Waals surface area contributed by atoms with E-state index in [1.54, 1.807) is 12.3 Å². The largest absolute Gasteiger partial charge is 0.475 e. The molecular weight excluding hydrogens is 218 g/mol. The molecule has 1 N–H and O–H groups in total. The highest BCUT2D eigenvalue weighted by atomic mass is 16.4. The number of carboxylic acids is 1. The minimum atomic E-state index is -1.45. The van der Waals surface area contributed by atoms with Gasteiger partial charge in [-0.25, -0.2) is 4.79 Å². The number of nitrogens with zero attached hydrogens (tertiary/aromatic N) is 1. The first-order valence-electron chi connectivity index (χ1n) is 4.97.